The van der Waals surface area contributed by atoms with Crippen LogP contribution in [-0.4, -0.2) is 35.6 Å². The Morgan fingerprint density at radius 2 is 1.63 bits per heavy atom. The van der Waals surface area contributed by atoms with Crippen LogP contribution >= 0.6 is 0 Å². The standard InChI is InChI=1S/C15H27NO2Si/c1-16(2)15-8-6-14(7-9-15)12-18-13-17-10-11-19(3,4)5/h6-9H,10-13H2,1-5H3. The van der Waals surface area contributed by atoms with Crippen LogP contribution in [0.5, 0.6) is 0 Å². The molecule has 4 heteroatoms. The lowest BCUT2D eigenvalue weighted by Gasteiger charge is -2.15. The van der Waals surface area contributed by atoms with Gasteiger partial charge in [-0.05, 0) is 23.7 Å². The Morgan fingerprint density at radius 3 is 2.16 bits per heavy atom. The van der Waals surface area contributed by atoms with Gasteiger partial charge in [0.2, 0.25) is 0 Å². The predicted octanol–water partition coefficient (Wildman–Crippen LogP) is 3.58. The molecule has 0 aromatic heterocycles. The van der Waals surface area contributed by atoms with Crippen LogP contribution in [0.2, 0.25) is 25.7 Å². The number of nitrogens with zero attached hydrogens (tertiary/aromatic N) is 1. The molecular formula is C15H27NO2Si. The molecule has 0 radical (unpaired) electrons. The van der Waals surface area contributed by atoms with Crippen LogP contribution in [0, 0.1) is 0 Å². The van der Waals surface area contributed by atoms with Gasteiger partial charge in [-0.2, -0.15) is 0 Å². The molecule has 0 atom stereocenters. The van der Waals surface area contributed by atoms with Gasteiger partial charge in [0.15, 0.2) is 0 Å². The maximum atomic E-state index is 5.51. The monoisotopic (exact) mass is 281 g/mol. The SMILES string of the molecule is CN(C)c1ccc(COCOCC[Si](C)(C)C)cc1. The highest BCUT2D eigenvalue weighted by atomic mass is 28.3. The van der Waals surface area contributed by atoms with E-state index in [2.05, 4.69) is 48.8 Å². The van der Waals surface area contributed by atoms with Crippen molar-refractivity contribution in [1.29, 1.82) is 0 Å². The number of ether oxygens (including phenoxy) is 2. The van der Waals surface area contributed by atoms with Crippen LogP contribution in [0.25, 0.3) is 0 Å². The van der Waals surface area contributed by atoms with Crippen LogP contribution in [-0.2, 0) is 16.1 Å². The number of anilines is 1. The summed E-state index contributed by atoms with van der Waals surface area (Å²) in [7, 11) is 3.10. The Balaban J connectivity index is 2.16. The van der Waals surface area contributed by atoms with Gasteiger partial charge in [-0.15, -0.1) is 0 Å². The molecule has 0 bridgehead atoms. The molecule has 0 fully saturated rings. The van der Waals surface area contributed by atoms with Crippen molar-refractivity contribution in [2.24, 2.45) is 0 Å². The molecule has 1 aromatic carbocycles. The molecule has 0 aliphatic carbocycles. The first-order valence-corrected chi connectivity index (χ1v) is 10.5. The number of benzene rings is 1. The lowest BCUT2D eigenvalue weighted by Crippen LogP contribution is -2.21. The van der Waals surface area contributed by atoms with E-state index in [1.54, 1.807) is 0 Å². The minimum Gasteiger partial charge on any atom is -0.378 e. The number of hydrogen-bond acceptors (Lipinski definition) is 3. The summed E-state index contributed by atoms with van der Waals surface area (Å²) >= 11 is 0. The van der Waals surface area contributed by atoms with Crippen molar-refractivity contribution in [3.63, 3.8) is 0 Å². The van der Waals surface area contributed by atoms with E-state index in [4.69, 9.17) is 9.47 Å². The average Bonchev–Trinajstić information content (AvgIpc) is 2.33. The molecular weight excluding hydrogens is 254 g/mol. The van der Waals surface area contributed by atoms with Crippen molar-refractivity contribution in [2.45, 2.75) is 32.3 Å². The Hall–Kier alpha value is -0.843. The third kappa shape index (κ3) is 7.35. The van der Waals surface area contributed by atoms with Gasteiger partial charge in [-0.25, -0.2) is 0 Å². The summed E-state index contributed by atoms with van der Waals surface area (Å²) in [5.41, 5.74) is 2.38. The van der Waals surface area contributed by atoms with Crippen molar-refractivity contribution in [2.75, 3.05) is 32.4 Å². The molecule has 0 saturated carbocycles. The third-order valence-corrected chi connectivity index (χ3v) is 4.59. The largest absolute Gasteiger partial charge is 0.378 e. The van der Waals surface area contributed by atoms with Crippen LogP contribution in [0.15, 0.2) is 24.3 Å². The van der Waals surface area contributed by atoms with Gasteiger partial charge in [0.25, 0.3) is 0 Å². The van der Waals surface area contributed by atoms with Gasteiger partial charge in [0.1, 0.15) is 6.79 Å². The van der Waals surface area contributed by atoms with E-state index in [0.717, 1.165) is 6.61 Å². The zero-order valence-electron chi connectivity index (χ0n) is 12.9. The fourth-order valence-corrected chi connectivity index (χ4v) is 2.30. The van der Waals surface area contributed by atoms with Gasteiger partial charge in [-0.3, -0.25) is 0 Å². The topological polar surface area (TPSA) is 21.7 Å². The molecule has 1 rings (SSSR count). The highest BCUT2D eigenvalue weighted by molar-refractivity contribution is 6.76. The Labute approximate surface area is 118 Å². The summed E-state index contributed by atoms with van der Waals surface area (Å²) in [6, 6.07) is 9.58. The first-order chi connectivity index (χ1) is 8.88. The first kappa shape index (κ1) is 16.2. The first-order valence-electron chi connectivity index (χ1n) is 6.80. The molecule has 0 N–H and O–H groups in total. The molecule has 0 aliphatic rings. The molecule has 3 nitrogen and oxygen atoms in total. The minimum atomic E-state index is -0.984. The van der Waals surface area contributed by atoms with Crippen molar-refractivity contribution in [1.82, 2.24) is 0 Å². The Morgan fingerprint density at radius 1 is 1.00 bits per heavy atom. The van der Waals surface area contributed by atoms with Crippen LogP contribution in [0.1, 0.15) is 5.56 Å². The summed E-state index contributed by atoms with van der Waals surface area (Å²) in [4.78, 5) is 2.09. The third-order valence-electron chi connectivity index (χ3n) is 2.88. The molecule has 0 amide bonds. The summed E-state index contributed by atoms with van der Waals surface area (Å²) in [5, 5.41) is 0. The highest BCUT2D eigenvalue weighted by Crippen LogP contribution is 2.13. The maximum Gasteiger partial charge on any atom is 0.147 e. The Bertz CT molecular complexity index is 357. The summed E-state index contributed by atoms with van der Waals surface area (Å²) in [6.07, 6.45) is 0. The van der Waals surface area contributed by atoms with Gasteiger partial charge in [-0.1, -0.05) is 31.8 Å². The predicted molar refractivity (Wildman–Crippen MR) is 84.5 cm³/mol. The number of rotatable bonds is 8. The van der Waals surface area contributed by atoms with Gasteiger partial charge < -0.3 is 14.4 Å². The minimum absolute atomic E-state index is 0.389. The molecule has 1 aromatic rings. The smallest absolute Gasteiger partial charge is 0.147 e. The average molecular weight is 281 g/mol. The molecule has 108 valence electrons. The van der Waals surface area contributed by atoms with Gasteiger partial charge >= 0.3 is 0 Å². The second-order valence-electron chi connectivity index (χ2n) is 6.25. The fourth-order valence-electron chi connectivity index (χ4n) is 1.55. The maximum absolute atomic E-state index is 5.51. The van der Waals surface area contributed by atoms with E-state index in [0.29, 0.717) is 13.4 Å². The molecule has 0 heterocycles. The van der Waals surface area contributed by atoms with E-state index >= 15 is 0 Å². The second kappa shape index (κ2) is 7.67. The van der Waals surface area contributed by atoms with Crippen molar-refractivity contribution in [3.8, 4) is 0 Å². The highest BCUT2D eigenvalue weighted by Gasteiger charge is 2.11. The zero-order valence-corrected chi connectivity index (χ0v) is 13.9. The summed E-state index contributed by atoms with van der Waals surface area (Å²) < 4.78 is 11.0. The van der Waals surface area contributed by atoms with Gasteiger partial charge in [0, 0.05) is 34.5 Å². The van der Waals surface area contributed by atoms with E-state index in [1.807, 2.05) is 14.1 Å². The van der Waals surface area contributed by atoms with Gasteiger partial charge in [0.05, 0.1) is 6.61 Å². The van der Waals surface area contributed by atoms with E-state index in [1.165, 1.54) is 17.3 Å². The lowest BCUT2D eigenvalue weighted by atomic mass is 10.2. The van der Waals surface area contributed by atoms with Crippen molar-refractivity contribution >= 4 is 13.8 Å². The molecule has 0 spiro atoms. The van der Waals surface area contributed by atoms with Crippen molar-refractivity contribution in [3.05, 3.63) is 29.8 Å². The molecule has 0 aliphatic heterocycles. The fraction of sp³-hybridized carbons (Fsp3) is 0.600. The lowest BCUT2D eigenvalue weighted by molar-refractivity contribution is -0.0573. The second-order valence-corrected chi connectivity index (χ2v) is 11.9. The van der Waals surface area contributed by atoms with E-state index in [9.17, 15) is 0 Å². The molecule has 0 saturated heterocycles. The zero-order chi connectivity index (χ0) is 14.3. The summed E-state index contributed by atoms with van der Waals surface area (Å²) in [5.74, 6) is 0. The van der Waals surface area contributed by atoms with E-state index < -0.39 is 8.07 Å². The normalized spacial score (nSPS) is 11.6. The molecule has 19 heavy (non-hydrogen) atoms. The number of hydrogen-bond donors (Lipinski definition) is 0. The Kier molecular flexibility index (Phi) is 6.55. The van der Waals surface area contributed by atoms with Crippen LogP contribution in [0.4, 0.5) is 5.69 Å². The molecule has 0 unspecified atom stereocenters. The quantitative estimate of drug-likeness (QED) is 0.413. The van der Waals surface area contributed by atoms with Crippen molar-refractivity contribution < 1.29 is 9.47 Å². The van der Waals surface area contributed by atoms with Crippen LogP contribution < -0.4 is 4.90 Å². The van der Waals surface area contributed by atoms with E-state index in [-0.39, 0.29) is 0 Å². The summed E-state index contributed by atoms with van der Waals surface area (Å²) in [6.45, 7) is 8.87. The van der Waals surface area contributed by atoms with Crippen LogP contribution in [0.3, 0.4) is 0 Å².